The lowest BCUT2D eigenvalue weighted by Crippen LogP contribution is -2.67. The van der Waals surface area contributed by atoms with Crippen molar-refractivity contribution in [3.8, 4) is 11.5 Å². The van der Waals surface area contributed by atoms with Crippen LogP contribution in [0.5, 0.6) is 11.5 Å². The standard InChI is InChI=1S/C30H46N2O14.C9H11NO2/c33-26(7-3-9-28(35)36)31-30(32-27(34)8-4-10-29(37)38)23-44-20-19-42-16-15-40-12-11-39-13-14-41-17-18-43-21-22-45-24-5-1-2-6-25(24)46-30;10-8(9(11)12)6-7-4-2-1-3-5-7/h1-2,5-6H,3-4,7-23H2,(H,31,33)(H,32,34)(H,35,36)(H,37,38);1-5,8H,6,10H2,(H,11,12)/t;8-/m.0/s1. The molecule has 0 saturated heterocycles. The molecule has 1 heterocycles. The van der Waals surface area contributed by atoms with Crippen LogP contribution in [0.2, 0.25) is 0 Å². The molecule has 2 amide bonds. The third-order valence-corrected chi connectivity index (χ3v) is 7.67. The molecule has 3 rings (SSSR count). The minimum absolute atomic E-state index is 0.0391. The number of para-hydroxylation sites is 2. The van der Waals surface area contributed by atoms with Gasteiger partial charge in [-0.15, -0.1) is 0 Å². The molecular formula is C39H57N3O16. The molecule has 0 bridgehead atoms. The molecule has 0 saturated carbocycles. The monoisotopic (exact) mass is 823 g/mol. The van der Waals surface area contributed by atoms with Crippen molar-refractivity contribution in [1.29, 1.82) is 0 Å². The van der Waals surface area contributed by atoms with Crippen molar-refractivity contribution in [3.63, 3.8) is 0 Å². The molecule has 0 fully saturated rings. The maximum atomic E-state index is 13.0. The van der Waals surface area contributed by atoms with Crippen LogP contribution in [-0.2, 0) is 58.8 Å². The summed E-state index contributed by atoms with van der Waals surface area (Å²) in [5.74, 6) is -5.87. The number of nitrogens with one attached hydrogen (secondary N) is 2. The van der Waals surface area contributed by atoms with E-state index >= 15 is 0 Å². The highest BCUT2D eigenvalue weighted by Gasteiger charge is 2.38. The van der Waals surface area contributed by atoms with E-state index in [-0.39, 0.29) is 76.5 Å². The number of carboxylic acid groups (broad SMARTS) is 3. The van der Waals surface area contributed by atoms with E-state index in [1.807, 2.05) is 30.3 Å². The topological polar surface area (TPSA) is 270 Å². The van der Waals surface area contributed by atoms with Crippen LogP contribution in [0.25, 0.3) is 0 Å². The minimum Gasteiger partial charge on any atom is -0.487 e. The van der Waals surface area contributed by atoms with E-state index in [4.69, 9.17) is 58.9 Å². The third-order valence-electron chi connectivity index (χ3n) is 7.67. The highest BCUT2D eigenvalue weighted by molar-refractivity contribution is 5.80. The number of hydrogen-bond acceptors (Lipinski definition) is 14. The Hall–Kier alpha value is -4.89. The maximum Gasteiger partial charge on any atom is 0.320 e. The van der Waals surface area contributed by atoms with Crippen molar-refractivity contribution in [2.75, 3.05) is 85.9 Å². The first-order chi connectivity index (χ1) is 28.0. The summed E-state index contributed by atoms with van der Waals surface area (Å²) < 4.78 is 45.4. The van der Waals surface area contributed by atoms with Gasteiger partial charge in [0.1, 0.15) is 19.3 Å². The average molecular weight is 824 g/mol. The largest absolute Gasteiger partial charge is 0.487 e. The zero-order chi connectivity index (χ0) is 42.3. The van der Waals surface area contributed by atoms with Gasteiger partial charge in [0.05, 0.1) is 72.7 Å². The Morgan fingerprint density at radius 2 is 0.983 bits per heavy atom. The summed E-state index contributed by atoms with van der Waals surface area (Å²) in [6, 6.07) is 15.1. The van der Waals surface area contributed by atoms with Gasteiger partial charge in [0.2, 0.25) is 11.8 Å². The van der Waals surface area contributed by atoms with E-state index in [1.165, 1.54) is 0 Å². The van der Waals surface area contributed by atoms with Crippen LogP contribution in [0, 0.1) is 0 Å². The Kier molecular flexibility index (Phi) is 25.7. The Balaban J connectivity index is 0.000000822. The summed E-state index contributed by atoms with van der Waals surface area (Å²) in [6.45, 7) is 3.19. The van der Waals surface area contributed by atoms with Crippen LogP contribution < -0.4 is 25.8 Å². The van der Waals surface area contributed by atoms with E-state index in [1.54, 1.807) is 24.3 Å². The quantitative estimate of drug-likeness (QED) is 0.157. The zero-order valence-electron chi connectivity index (χ0n) is 32.6. The molecule has 0 unspecified atom stereocenters. The molecule has 324 valence electrons. The van der Waals surface area contributed by atoms with Gasteiger partial charge >= 0.3 is 17.9 Å². The smallest absolute Gasteiger partial charge is 0.320 e. The number of rotatable bonds is 13. The van der Waals surface area contributed by atoms with Gasteiger partial charge in [0.25, 0.3) is 5.85 Å². The Labute approximate surface area is 337 Å². The van der Waals surface area contributed by atoms with Gasteiger partial charge in [-0.3, -0.25) is 34.6 Å². The van der Waals surface area contributed by atoms with Crippen molar-refractivity contribution < 1.29 is 77.2 Å². The molecule has 1 aliphatic heterocycles. The summed E-state index contributed by atoms with van der Waals surface area (Å²) in [6.07, 6.45) is -0.374. The van der Waals surface area contributed by atoms with Gasteiger partial charge in [-0.25, -0.2) is 0 Å². The molecular weight excluding hydrogens is 766 g/mol. The number of fused-ring (bicyclic) bond motifs is 1. The van der Waals surface area contributed by atoms with Crippen LogP contribution in [0.3, 0.4) is 0 Å². The summed E-state index contributed by atoms with van der Waals surface area (Å²) in [4.78, 5) is 58.4. The number of carbonyl (C=O) groups is 5. The summed E-state index contributed by atoms with van der Waals surface area (Å²) in [5.41, 5.74) is 6.30. The predicted octanol–water partition coefficient (Wildman–Crippen LogP) is 1.59. The van der Waals surface area contributed by atoms with Crippen molar-refractivity contribution in [2.24, 2.45) is 5.73 Å². The van der Waals surface area contributed by atoms with E-state index in [0.717, 1.165) is 5.56 Å². The highest BCUT2D eigenvalue weighted by atomic mass is 16.6. The lowest BCUT2D eigenvalue weighted by molar-refractivity contribution is -0.144. The number of carbonyl (C=O) groups excluding carboxylic acids is 2. The molecule has 1 aliphatic rings. The molecule has 1 atom stereocenters. The minimum atomic E-state index is -1.98. The first kappa shape index (κ1) is 49.3. The van der Waals surface area contributed by atoms with Crippen molar-refractivity contribution in [3.05, 3.63) is 60.2 Å². The van der Waals surface area contributed by atoms with Crippen LogP contribution in [0.1, 0.15) is 44.1 Å². The second-order valence-electron chi connectivity index (χ2n) is 12.6. The Morgan fingerprint density at radius 3 is 1.43 bits per heavy atom. The number of carboxylic acids is 3. The SMILES string of the molecule is N[C@@H](Cc1ccccc1)C(=O)O.O=C(O)CCCC(=O)NC1(NC(=O)CCCC(=O)O)COCCOCCOCCOCCOCCOCCOc2ccccc2O1. The van der Waals surface area contributed by atoms with Gasteiger partial charge in [0.15, 0.2) is 11.5 Å². The zero-order valence-corrected chi connectivity index (χ0v) is 32.6. The normalized spacial score (nSPS) is 16.8. The van der Waals surface area contributed by atoms with Gasteiger partial charge in [-0.05, 0) is 37.0 Å². The fraction of sp³-hybridized carbons (Fsp3) is 0.564. The molecule has 7 N–H and O–H groups in total. The van der Waals surface area contributed by atoms with Crippen LogP contribution >= 0.6 is 0 Å². The average Bonchev–Trinajstić information content (AvgIpc) is 3.17. The van der Waals surface area contributed by atoms with E-state index in [0.29, 0.717) is 59.3 Å². The van der Waals surface area contributed by atoms with Crippen LogP contribution in [0.4, 0.5) is 0 Å². The van der Waals surface area contributed by atoms with Crippen LogP contribution in [0.15, 0.2) is 54.6 Å². The van der Waals surface area contributed by atoms with E-state index < -0.39 is 48.2 Å². The van der Waals surface area contributed by atoms with E-state index in [2.05, 4.69) is 10.6 Å². The molecule has 58 heavy (non-hydrogen) atoms. The molecule has 2 aromatic carbocycles. The first-order valence-electron chi connectivity index (χ1n) is 18.9. The summed E-state index contributed by atoms with van der Waals surface area (Å²) in [5, 5.41) is 31.8. The van der Waals surface area contributed by atoms with Crippen molar-refractivity contribution in [2.45, 2.75) is 56.8 Å². The van der Waals surface area contributed by atoms with Crippen molar-refractivity contribution in [1.82, 2.24) is 10.6 Å². The van der Waals surface area contributed by atoms with Crippen molar-refractivity contribution >= 4 is 29.7 Å². The molecule has 0 spiro atoms. The first-order valence-corrected chi connectivity index (χ1v) is 18.9. The maximum absolute atomic E-state index is 13.0. The van der Waals surface area contributed by atoms with Gasteiger partial charge < -0.3 is 58.9 Å². The second-order valence-corrected chi connectivity index (χ2v) is 12.6. The molecule has 19 heteroatoms. The Bertz CT molecular complexity index is 1450. The lowest BCUT2D eigenvalue weighted by atomic mass is 10.1. The number of amides is 2. The van der Waals surface area contributed by atoms with Gasteiger partial charge in [0, 0.05) is 25.7 Å². The molecule has 0 aliphatic carbocycles. The summed E-state index contributed by atoms with van der Waals surface area (Å²) >= 11 is 0. The fourth-order valence-electron chi connectivity index (χ4n) is 4.88. The number of ether oxygens (including phenoxy) is 8. The van der Waals surface area contributed by atoms with Gasteiger partial charge in [-0.2, -0.15) is 0 Å². The van der Waals surface area contributed by atoms with E-state index in [9.17, 15) is 24.0 Å². The fourth-order valence-corrected chi connectivity index (χ4v) is 4.88. The number of nitrogens with two attached hydrogens (primary N) is 1. The summed E-state index contributed by atoms with van der Waals surface area (Å²) in [7, 11) is 0. The van der Waals surface area contributed by atoms with Crippen LogP contribution in [-0.4, -0.2) is 143 Å². The Morgan fingerprint density at radius 1 is 0.569 bits per heavy atom. The third kappa shape index (κ3) is 24.0. The van der Waals surface area contributed by atoms with Gasteiger partial charge in [-0.1, -0.05) is 42.5 Å². The molecule has 19 nitrogen and oxygen atoms in total. The number of aliphatic carboxylic acids is 3. The predicted molar refractivity (Wildman–Crippen MR) is 205 cm³/mol. The highest BCUT2D eigenvalue weighted by Crippen LogP contribution is 2.29. The second kappa shape index (κ2) is 30.2. The number of hydrogen-bond donors (Lipinski definition) is 6. The number of benzene rings is 2. The lowest BCUT2D eigenvalue weighted by Gasteiger charge is -2.36. The molecule has 2 aromatic rings. The molecule has 0 aromatic heterocycles. The molecule has 0 radical (unpaired) electrons.